The SMILES string of the molecule is C=C/C=C(C=C)/C=C/C(=O)CCC.CC(C)(C)OC(=O)NCC(=O)N1CCCC1C(N)=O.COc1ccc2c(=O)[nH]ccc2c1. The molecule has 1 fully saturated rings. The number of hydrogen-bond donors (Lipinski definition) is 3. The minimum absolute atomic E-state index is 0.0693. The van der Waals surface area contributed by atoms with Gasteiger partial charge in [-0.15, -0.1) is 0 Å². The standard InChI is InChI=1S/C12H21N3O4.C12H16O.C10H9NO2/c1-12(2,3)19-11(18)14-7-9(16)15-6-4-5-8(15)10(13)17;1-4-7-11(6-3)9-10-12(13)8-5-2;1-13-8-2-3-9-7(6-8)4-5-11-10(9)12/h8H,4-7H2,1-3H3,(H2,13,17)(H,14,18);4,6-7,9-10H,1,3,5,8H2,2H3;2-6H,1H3,(H,11,12)/b;10-9+,11-7+;. The van der Waals surface area contributed by atoms with Gasteiger partial charge >= 0.3 is 6.09 Å². The van der Waals surface area contributed by atoms with E-state index in [0.717, 1.165) is 29.6 Å². The number of ether oxygens (including phenoxy) is 2. The van der Waals surface area contributed by atoms with E-state index in [1.54, 1.807) is 70.5 Å². The number of pyridine rings is 1. The molecule has 3 rings (SSSR count). The van der Waals surface area contributed by atoms with Crippen LogP contribution in [0, 0.1) is 0 Å². The fraction of sp³-hybridized carbons (Fsp3) is 0.382. The molecule has 0 bridgehead atoms. The number of allylic oxidation sites excluding steroid dienone is 6. The van der Waals surface area contributed by atoms with Gasteiger partial charge in [0.1, 0.15) is 23.9 Å². The predicted molar refractivity (Wildman–Crippen MR) is 177 cm³/mol. The van der Waals surface area contributed by atoms with Crippen LogP contribution in [0.3, 0.4) is 0 Å². The van der Waals surface area contributed by atoms with Crippen LogP contribution in [0.5, 0.6) is 5.75 Å². The number of fused-ring (bicyclic) bond motifs is 1. The zero-order valence-corrected chi connectivity index (χ0v) is 26.9. The van der Waals surface area contributed by atoms with Gasteiger partial charge < -0.3 is 30.4 Å². The van der Waals surface area contributed by atoms with Gasteiger partial charge in [0.05, 0.1) is 7.11 Å². The molecule has 2 aromatic rings. The van der Waals surface area contributed by atoms with E-state index in [1.807, 2.05) is 25.1 Å². The maximum absolute atomic E-state index is 11.9. The molecule has 11 nitrogen and oxygen atoms in total. The number of aromatic amines is 1. The highest BCUT2D eigenvalue weighted by Crippen LogP contribution is 2.17. The summed E-state index contributed by atoms with van der Waals surface area (Å²) in [5, 5.41) is 3.95. The molecule has 45 heavy (non-hydrogen) atoms. The van der Waals surface area contributed by atoms with Crippen molar-refractivity contribution in [1.82, 2.24) is 15.2 Å². The highest BCUT2D eigenvalue weighted by atomic mass is 16.6. The summed E-state index contributed by atoms with van der Waals surface area (Å²) < 4.78 is 10.1. The first kappa shape index (κ1) is 38.1. The van der Waals surface area contributed by atoms with Gasteiger partial charge in [-0.3, -0.25) is 19.2 Å². The third-order valence-corrected chi connectivity index (χ3v) is 6.17. The quantitative estimate of drug-likeness (QED) is 0.255. The molecule has 1 aromatic heterocycles. The van der Waals surface area contributed by atoms with E-state index in [-0.39, 0.29) is 23.8 Å². The minimum Gasteiger partial charge on any atom is -0.497 e. The summed E-state index contributed by atoms with van der Waals surface area (Å²) in [7, 11) is 1.61. The Morgan fingerprint density at radius 1 is 1.16 bits per heavy atom. The number of amides is 3. The van der Waals surface area contributed by atoms with Gasteiger partial charge in [-0.05, 0) is 81.3 Å². The Morgan fingerprint density at radius 2 is 1.87 bits per heavy atom. The van der Waals surface area contributed by atoms with Crippen molar-refractivity contribution in [3.63, 3.8) is 0 Å². The molecule has 1 unspecified atom stereocenters. The summed E-state index contributed by atoms with van der Waals surface area (Å²) in [6.45, 7) is 14.7. The number of carbonyl (C=O) groups is 4. The zero-order valence-electron chi connectivity index (χ0n) is 26.9. The Bertz CT molecular complexity index is 1450. The number of aromatic nitrogens is 1. The Balaban J connectivity index is 0.000000347. The number of ketones is 1. The van der Waals surface area contributed by atoms with Crippen LogP contribution in [-0.4, -0.2) is 65.4 Å². The van der Waals surface area contributed by atoms with Gasteiger partial charge in [-0.2, -0.15) is 0 Å². The van der Waals surface area contributed by atoms with E-state index in [9.17, 15) is 24.0 Å². The highest BCUT2D eigenvalue weighted by molar-refractivity contribution is 5.90. The van der Waals surface area contributed by atoms with Crippen molar-refractivity contribution in [2.45, 2.75) is 65.0 Å². The number of carbonyl (C=O) groups excluding carboxylic acids is 4. The lowest BCUT2D eigenvalue weighted by atomic mass is 10.1. The monoisotopic (exact) mass is 622 g/mol. The number of hydrogen-bond acceptors (Lipinski definition) is 7. The fourth-order valence-corrected chi connectivity index (χ4v) is 4.07. The molecular weight excluding hydrogens is 576 g/mol. The number of methoxy groups -OCH3 is 1. The molecule has 0 aliphatic carbocycles. The molecule has 244 valence electrons. The number of benzene rings is 1. The molecule has 1 aromatic carbocycles. The van der Waals surface area contributed by atoms with Crippen LogP contribution in [0.15, 0.2) is 84.4 Å². The van der Waals surface area contributed by atoms with Crippen molar-refractivity contribution in [3.05, 3.63) is 89.9 Å². The Labute approximate surface area is 264 Å². The van der Waals surface area contributed by atoms with E-state index < -0.39 is 23.6 Å². The molecule has 2 heterocycles. The molecule has 1 saturated heterocycles. The van der Waals surface area contributed by atoms with Gasteiger partial charge in [0.15, 0.2) is 5.78 Å². The Morgan fingerprint density at radius 3 is 2.44 bits per heavy atom. The molecule has 0 spiro atoms. The number of nitrogens with two attached hydrogens (primary N) is 1. The second-order valence-electron chi connectivity index (χ2n) is 10.9. The van der Waals surface area contributed by atoms with Crippen LogP contribution in [-0.2, 0) is 19.1 Å². The van der Waals surface area contributed by atoms with Gasteiger partial charge in [0.2, 0.25) is 11.8 Å². The number of nitrogens with one attached hydrogen (secondary N) is 2. The molecule has 3 amide bonds. The van der Waals surface area contributed by atoms with E-state index in [1.165, 1.54) is 4.90 Å². The van der Waals surface area contributed by atoms with Crippen LogP contribution in [0.2, 0.25) is 0 Å². The van der Waals surface area contributed by atoms with Crippen molar-refractivity contribution < 1.29 is 28.7 Å². The molecule has 4 N–H and O–H groups in total. The number of rotatable bonds is 10. The highest BCUT2D eigenvalue weighted by Gasteiger charge is 2.32. The summed E-state index contributed by atoms with van der Waals surface area (Å²) >= 11 is 0. The maximum atomic E-state index is 11.9. The van der Waals surface area contributed by atoms with E-state index in [2.05, 4.69) is 23.5 Å². The minimum atomic E-state index is -0.657. The van der Waals surface area contributed by atoms with Crippen molar-refractivity contribution in [1.29, 1.82) is 0 Å². The van der Waals surface area contributed by atoms with Gasteiger partial charge in [0.25, 0.3) is 5.56 Å². The largest absolute Gasteiger partial charge is 0.497 e. The van der Waals surface area contributed by atoms with Crippen LogP contribution in [0.4, 0.5) is 4.79 Å². The van der Waals surface area contributed by atoms with Gasteiger partial charge in [-0.1, -0.05) is 44.4 Å². The topological polar surface area (TPSA) is 161 Å². The summed E-state index contributed by atoms with van der Waals surface area (Å²) in [5.74, 6) is 0.0766. The van der Waals surface area contributed by atoms with Crippen LogP contribution in [0.25, 0.3) is 10.8 Å². The van der Waals surface area contributed by atoms with E-state index in [0.29, 0.717) is 24.8 Å². The van der Waals surface area contributed by atoms with Crippen LogP contribution >= 0.6 is 0 Å². The smallest absolute Gasteiger partial charge is 0.408 e. The molecule has 0 saturated carbocycles. The fourth-order valence-electron chi connectivity index (χ4n) is 4.07. The first-order valence-corrected chi connectivity index (χ1v) is 14.6. The lowest BCUT2D eigenvalue weighted by Gasteiger charge is -2.23. The number of H-pyrrole nitrogens is 1. The van der Waals surface area contributed by atoms with Crippen molar-refractivity contribution >= 4 is 34.5 Å². The number of likely N-dealkylation sites (tertiary alicyclic amines) is 1. The second-order valence-corrected chi connectivity index (χ2v) is 10.9. The van der Waals surface area contributed by atoms with Crippen LogP contribution in [0.1, 0.15) is 53.4 Å². The molecule has 1 aliphatic heterocycles. The van der Waals surface area contributed by atoms with Crippen LogP contribution < -0.4 is 21.3 Å². The third-order valence-electron chi connectivity index (χ3n) is 6.17. The number of alkyl carbamates (subject to hydrolysis) is 1. The van der Waals surface area contributed by atoms with Crippen molar-refractivity contribution in [3.8, 4) is 5.75 Å². The lowest BCUT2D eigenvalue weighted by Crippen LogP contribution is -2.48. The normalized spacial score (nSPS) is 14.4. The Hall–Kier alpha value is -4.93. The number of primary amides is 1. The van der Waals surface area contributed by atoms with Gasteiger partial charge in [0, 0.05) is 24.5 Å². The summed E-state index contributed by atoms with van der Waals surface area (Å²) in [5.41, 5.74) is 5.44. The first-order valence-electron chi connectivity index (χ1n) is 14.6. The predicted octanol–water partition coefficient (Wildman–Crippen LogP) is 4.73. The zero-order chi connectivity index (χ0) is 34.0. The first-order chi connectivity index (χ1) is 21.3. The molecule has 1 aliphatic rings. The van der Waals surface area contributed by atoms with E-state index >= 15 is 0 Å². The molecular formula is C34H46N4O7. The average Bonchev–Trinajstić information content (AvgIpc) is 3.49. The summed E-state index contributed by atoms with van der Waals surface area (Å²) in [4.78, 5) is 60.8. The third kappa shape index (κ3) is 14.4. The van der Waals surface area contributed by atoms with Crippen molar-refractivity contribution in [2.75, 3.05) is 20.2 Å². The maximum Gasteiger partial charge on any atom is 0.408 e. The lowest BCUT2D eigenvalue weighted by molar-refractivity contribution is -0.136. The summed E-state index contributed by atoms with van der Waals surface area (Å²) in [6.07, 6.45) is 12.3. The van der Waals surface area contributed by atoms with E-state index in [4.69, 9.17) is 15.2 Å². The molecule has 0 radical (unpaired) electrons. The average molecular weight is 623 g/mol. The number of nitrogens with zero attached hydrogens (tertiary/aromatic N) is 1. The summed E-state index contributed by atoms with van der Waals surface area (Å²) in [6, 6.07) is 6.65. The van der Waals surface area contributed by atoms with Crippen molar-refractivity contribution in [2.24, 2.45) is 5.73 Å². The molecule has 1 atom stereocenters. The molecule has 11 heteroatoms. The second kappa shape index (κ2) is 19.4. The van der Waals surface area contributed by atoms with Gasteiger partial charge in [-0.25, -0.2) is 4.79 Å². The Kier molecular flexibility index (Phi) is 16.4.